The summed E-state index contributed by atoms with van der Waals surface area (Å²) in [5, 5.41) is 0.881. The number of aliphatic imine (C=N–C) groups is 1. The van der Waals surface area contributed by atoms with E-state index in [0.29, 0.717) is 11.8 Å². The summed E-state index contributed by atoms with van der Waals surface area (Å²) in [5.41, 5.74) is -5.43. The lowest BCUT2D eigenvalue weighted by Crippen LogP contribution is -2.24. The second-order valence-electron chi connectivity index (χ2n) is 2.17. The number of halogens is 3. The largest absolute Gasteiger partial charge is 0.534 e. The second-order valence-corrected chi connectivity index (χ2v) is 4.62. The molecule has 1 rings (SSSR count). The predicted molar refractivity (Wildman–Crippen MR) is 49.4 cm³/mol. The Morgan fingerprint density at radius 2 is 2.07 bits per heavy atom. The fourth-order valence-corrected chi connectivity index (χ4v) is 1.73. The molecule has 0 radical (unpaired) electrons. The van der Waals surface area contributed by atoms with Crippen LogP contribution in [0.4, 0.5) is 13.2 Å². The van der Waals surface area contributed by atoms with Gasteiger partial charge in [-0.05, 0) is 5.41 Å². The van der Waals surface area contributed by atoms with Crippen molar-refractivity contribution in [2.24, 2.45) is 4.99 Å². The van der Waals surface area contributed by atoms with E-state index in [0.717, 1.165) is 12.3 Å². The molecule has 0 N–H and O–H groups in total. The average Bonchev–Trinajstić information content (AvgIpc) is 2.30. The van der Waals surface area contributed by atoms with Crippen LogP contribution in [-0.4, -0.2) is 20.1 Å². The van der Waals surface area contributed by atoms with Gasteiger partial charge in [-0.2, -0.15) is 21.6 Å². The minimum atomic E-state index is -5.60. The summed E-state index contributed by atoms with van der Waals surface area (Å²) in [6.45, 7) is 0. The van der Waals surface area contributed by atoms with E-state index in [1.807, 2.05) is 0 Å². The molecular weight excluding hydrogens is 255 g/mol. The molecule has 1 heterocycles. The fourth-order valence-electron chi connectivity index (χ4n) is 0.528. The lowest BCUT2D eigenvalue weighted by molar-refractivity contribution is -0.0516. The maximum atomic E-state index is 11.9. The highest BCUT2D eigenvalue weighted by molar-refractivity contribution is 8.06. The molecule has 0 aromatic heterocycles. The molecule has 0 unspecified atom stereocenters. The van der Waals surface area contributed by atoms with Crippen molar-refractivity contribution < 1.29 is 25.8 Å². The molecule has 0 spiro atoms. The highest BCUT2D eigenvalue weighted by atomic mass is 32.2. The molecule has 0 atom stereocenters. The Labute approximate surface area is 87.6 Å². The first-order valence-corrected chi connectivity index (χ1v) is 5.67. The van der Waals surface area contributed by atoms with Gasteiger partial charge in [-0.3, -0.25) is 4.99 Å². The van der Waals surface area contributed by atoms with Gasteiger partial charge < -0.3 is 4.18 Å². The maximum Gasteiger partial charge on any atom is 0.534 e. The van der Waals surface area contributed by atoms with Gasteiger partial charge in [0.15, 0.2) is 5.09 Å². The molecule has 0 aromatic carbocycles. The molecule has 0 bridgehead atoms. The summed E-state index contributed by atoms with van der Waals surface area (Å²) in [5.74, 6) is 0. The van der Waals surface area contributed by atoms with Gasteiger partial charge in [0.2, 0.25) is 0 Å². The highest BCUT2D eigenvalue weighted by Crippen LogP contribution is 2.30. The summed E-state index contributed by atoms with van der Waals surface area (Å²) in [4.78, 5) is 3.55. The van der Waals surface area contributed by atoms with Crippen LogP contribution in [0.25, 0.3) is 0 Å². The van der Waals surface area contributed by atoms with Crippen molar-refractivity contribution >= 4 is 28.1 Å². The van der Waals surface area contributed by atoms with Crippen LogP contribution in [0.5, 0.6) is 0 Å². The first-order valence-electron chi connectivity index (χ1n) is 3.39. The minimum Gasteiger partial charge on any atom is -0.368 e. The summed E-state index contributed by atoms with van der Waals surface area (Å²) >= 11 is 0.681. The van der Waals surface area contributed by atoms with Gasteiger partial charge >= 0.3 is 15.6 Å². The molecule has 1 aliphatic rings. The third-order valence-corrected chi connectivity index (χ3v) is 2.88. The number of hydrogen-bond donors (Lipinski definition) is 0. The van der Waals surface area contributed by atoms with E-state index < -0.39 is 20.7 Å². The van der Waals surface area contributed by atoms with Crippen LogP contribution in [0.15, 0.2) is 27.8 Å². The van der Waals surface area contributed by atoms with Gasteiger partial charge in [0, 0.05) is 18.5 Å². The molecule has 0 amide bonds. The van der Waals surface area contributed by atoms with Crippen LogP contribution < -0.4 is 0 Å². The van der Waals surface area contributed by atoms with Crippen molar-refractivity contribution in [2.75, 3.05) is 0 Å². The van der Waals surface area contributed by atoms with Crippen LogP contribution >= 0.6 is 11.8 Å². The minimum absolute atomic E-state index is 0.412. The van der Waals surface area contributed by atoms with Gasteiger partial charge in [-0.1, -0.05) is 11.8 Å². The van der Waals surface area contributed by atoms with E-state index >= 15 is 0 Å². The fraction of sp³-hybridized carbons (Fsp3) is 0.167. The van der Waals surface area contributed by atoms with Crippen molar-refractivity contribution in [3.05, 3.63) is 22.8 Å². The number of allylic oxidation sites excluding steroid dienone is 1. The van der Waals surface area contributed by atoms with Crippen molar-refractivity contribution in [1.82, 2.24) is 0 Å². The smallest absolute Gasteiger partial charge is 0.368 e. The Balaban J connectivity index is 2.83. The Hall–Kier alpha value is -0.960. The van der Waals surface area contributed by atoms with Gasteiger partial charge in [0.05, 0.1) is 0 Å². The molecule has 9 heteroatoms. The molecule has 84 valence electrons. The predicted octanol–water partition coefficient (Wildman–Crippen LogP) is 1.98. The summed E-state index contributed by atoms with van der Waals surface area (Å²) in [6, 6.07) is 0. The van der Waals surface area contributed by atoms with E-state index in [4.69, 9.17) is 0 Å². The normalized spacial score (nSPS) is 17.1. The average molecular weight is 259 g/mol. The SMILES string of the molecule is O=S(=O)(OC1=CC=NC=CS1)C(F)(F)F. The first-order chi connectivity index (χ1) is 6.83. The van der Waals surface area contributed by atoms with Gasteiger partial charge in [-0.15, -0.1) is 0 Å². The van der Waals surface area contributed by atoms with Crippen molar-refractivity contribution in [3.63, 3.8) is 0 Å². The molecule has 1 aliphatic heterocycles. The number of thioether (sulfide) groups is 1. The zero-order valence-corrected chi connectivity index (χ0v) is 8.56. The third-order valence-electron chi connectivity index (χ3n) is 1.10. The molecule has 4 nitrogen and oxygen atoms in total. The van der Waals surface area contributed by atoms with Gasteiger partial charge in [0.25, 0.3) is 0 Å². The molecule has 15 heavy (non-hydrogen) atoms. The van der Waals surface area contributed by atoms with Crippen LogP contribution in [0.3, 0.4) is 0 Å². The monoisotopic (exact) mass is 259 g/mol. The van der Waals surface area contributed by atoms with E-state index in [9.17, 15) is 21.6 Å². The molecule has 0 saturated carbocycles. The number of alkyl halides is 3. The Morgan fingerprint density at radius 1 is 1.40 bits per heavy atom. The standard InChI is InChI=1S/C6H4F3NO3S2/c7-6(8,9)15(11,12)13-5-1-2-10-3-4-14-5/h1-4H. The molecule has 0 aliphatic carbocycles. The molecule has 0 saturated heterocycles. The third kappa shape index (κ3) is 3.27. The van der Waals surface area contributed by atoms with Gasteiger partial charge in [0.1, 0.15) is 0 Å². The quantitative estimate of drug-likeness (QED) is 0.562. The van der Waals surface area contributed by atoms with E-state index in [1.54, 1.807) is 0 Å². The Kier molecular flexibility index (Phi) is 3.45. The van der Waals surface area contributed by atoms with Crippen molar-refractivity contribution in [3.8, 4) is 0 Å². The van der Waals surface area contributed by atoms with Crippen LogP contribution in [0.1, 0.15) is 0 Å². The van der Waals surface area contributed by atoms with Crippen LogP contribution in [0.2, 0.25) is 0 Å². The second kappa shape index (κ2) is 4.27. The Morgan fingerprint density at radius 3 is 2.67 bits per heavy atom. The lowest BCUT2D eigenvalue weighted by atomic mass is 10.7. The molecular formula is C6H4F3NO3S2. The van der Waals surface area contributed by atoms with E-state index in [-0.39, 0.29) is 0 Å². The van der Waals surface area contributed by atoms with Crippen LogP contribution in [-0.2, 0) is 14.3 Å². The molecule has 0 aromatic rings. The molecule has 0 fully saturated rings. The Bertz CT molecular complexity index is 421. The summed E-state index contributed by atoms with van der Waals surface area (Å²) in [7, 11) is -5.60. The maximum absolute atomic E-state index is 11.9. The summed E-state index contributed by atoms with van der Waals surface area (Å²) < 4.78 is 60.6. The topological polar surface area (TPSA) is 55.7 Å². The highest BCUT2D eigenvalue weighted by Gasteiger charge is 2.48. The van der Waals surface area contributed by atoms with Crippen molar-refractivity contribution in [1.29, 1.82) is 0 Å². The lowest BCUT2D eigenvalue weighted by Gasteiger charge is -2.09. The van der Waals surface area contributed by atoms with E-state index in [2.05, 4.69) is 9.18 Å². The summed E-state index contributed by atoms with van der Waals surface area (Å²) in [6.07, 6.45) is 3.43. The van der Waals surface area contributed by atoms with Crippen molar-refractivity contribution in [2.45, 2.75) is 5.51 Å². The number of nitrogens with zero attached hydrogens (tertiary/aromatic N) is 1. The zero-order chi connectivity index (χ0) is 11.5. The first kappa shape index (κ1) is 12.1. The zero-order valence-electron chi connectivity index (χ0n) is 6.93. The van der Waals surface area contributed by atoms with E-state index in [1.165, 1.54) is 11.6 Å². The number of rotatable bonds is 2. The van der Waals surface area contributed by atoms with Gasteiger partial charge in [-0.25, -0.2) is 0 Å². The number of hydrogen-bond acceptors (Lipinski definition) is 5. The van der Waals surface area contributed by atoms with Crippen LogP contribution in [0, 0.1) is 0 Å².